The molecule has 45 heavy (non-hydrogen) atoms. The molecule has 7 rings (SSSR count). The lowest BCUT2D eigenvalue weighted by Gasteiger charge is -2.30. The zero-order valence-corrected chi connectivity index (χ0v) is 28.0. The molecule has 0 spiro atoms. The van der Waals surface area contributed by atoms with Crippen LogP contribution in [0.4, 0.5) is 0 Å². The van der Waals surface area contributed by atoms with E-state index in [1.165, 1.54) is 82.8 Å². The van der Waals surface area contributed by atoms with Gasteiger partial charge in [-0.1, -0.05) is 139 Å². The second-order valence-electron chi connectivity index (χ2n) is 15.0. The predicted molar refractivity (Wildman–Crippen MR) is 192 cm³/mol. The first-order valence-electron chi connectivity index (χ1n) is 16.3. The summed E-state index contributed by atoms with van der Waals surface area (Å²) in [5.74, 6) is 0.154. The normalized spacial score (nSPS) is 15.2. The first-order chi connectivity index (χ1) is 21.4. The van der Waals surface area contributed by atoms with Crippen LogP contribution in [0, 0.1) is 6.92 Å². The van der Waals surface area contributed by atoms with Gasteiger partial charge in [-0.25, -0.2) is 0 Å². The Morgan fingerprint density at radius 3 is 1.84 bits per heavy atom. The van der Waals surface area contributed by atoms with Crippen LogP contribution in [0.5, 0.6) is 0 Å². The third-order valence-corrected chi connectivity index (χ3v) is 9.73. The molecule has 0 heteroatoms. The minimum absolute atomic E-state index is 0.0684. The van der Waals surface area contributed by atoms with Gasteiger partial charge in [0.1, 0.15) is 0 Å². The smallest absolute Gasteiger partial charge is 0.0293 e. The van der Waals surface area contributed by atoms with Crippen molar-refractivity contribution in [2.75, 3.05) is 0 Å². The Bertz CT molecular complexity index is 2070. The van der Waals surface area contributed by atoms with Gasteiger partial charge in [-0.3, -0.25) is 0 Å². The third-order valence-electron chi connectivity index (χ3n) is 9.73. The molecular formula is C45H43. The highest BCUT2D eigenvalue weighted by molar-refractivity contribution is 5.89. The van der Waals surface area contributed by atoms with Crippen LogP contribution in [0.25, 0.3) is 28.3 Å². The molecule has 2 aliphatic carbocycles. The van der Waals surface area contributed by atoms with Gasteiger partial charge in [-0.05, 0) is 126 Å². The lowest BCUT2D eigenvalue weighted by molar-refractivity contribution is 0.576. The van der Waals surface area contributed by atoms with Crippen LogP contribution in [0.15, 0.2) is 109 Å². The van der Waals surface area contributed by atoms with Crippen molar-refractivity contribution in [3.63, 3.8) is 0 Å². The molecule has 0 fully saturated rings. The first kappa shape index (κ1) is 29.3. The number of benzene rings is 5. The maximum Gasteiger partial charge on any atom is 0.0293 e. The molecule has 0 N–H and O–H groups in total. The molecular weight excluding hydrogens is 540 g/mol. The van der Waals surface area contributed by atoms with Crippen LogP contribution in [0.3, 0.4) is 0 Å². The quantitative estimate of drug-likeness (QED) is 0.194. The lowest BCUT2D eigenvalue weighted by atomic mass is 9.74. The molecule has 1 radical (unpaired) electrons. The second kappa shape index (κ2) is 10.6. The second-order valence-corrected chi connectivity index (χ2v) is 15.0. The third kappa shape index (κ3) is 4.92. The Kier molecular flexibility index (Phi) is 6.90. The van der Waals surface area contributed by atoms with Gasteiger partial charge in [0.05, 0.1) is 0 Å². The maximum absolute atomic E-state index is 4.02. The summed E-state index contributed by atoms with van der Waals surface area (Å²) in [7, 11) is 0. The SMILES string of the molecule is CC1=CC(c2c(C(C)(C)C)c(=C(c3ccccc3)c3ccccc3)cc3c2=[C]c2cc(C(C)(C)C)ccc2-3)c2c(C)cccc21. The molecule has 0 bridgehead atoms. The highest BCUT2D eigenvalue weighted by atomic mass is 14.4. The standard InChI is InChI=1S/C45H43/c1-28-16-15-21-34-29(2)24-38(40(28)34)42-37-26-32-25-33(44(3,4)5)22-23-35(32)36(37)27-39(43(42)45(6,7)8)41(30-17-11-9-12-18-30)31-19-13-10-14-20-31/h9-25,27,38H,1-8H3. The van der Waals surface area contributed by atoms with Gasteiger partial charge in [-0.15, -0.1) is 0 Å². The number of allylic oxidation sites excluding steroid dienone is 2. The molecule has 2 aliphatic rings. The summed E-state index contributed by atoms with van der Waals surface area (Å²) in [5, 5.41) is 2.58. The van der Waals surface area contributed by atoms with Gasteiger partial charge in [0, 0.05) is 5.92 Å². The Hall–Kier alpha value is -4.42. The molecule has 0 aromatic heterocycles. The highest BCUT2D eigenvalue weighted by Gasteiger charge is 2.34. The van der Waals surface area contributed by atoms with Crippen LogP contribution in [-0.2, 0) is 10.8 Å². The predicted octanol–water partition coefficient (Wildman–Crippen LogP) is 10.1. The summed E-state index contributed by atoms with van der Waals surface area (Å²) in [5.41, 5.74) is 17.2. The van der Waals surface area contributed by atoms with Crippen molar-refractivity contribution in [1.29, 1.82) is 0 Å². The molecule has 1 atom stereocenters. The minimum atomic E-state index is -0.130. The highest BCUT2D eigenvalue weighted by Crippen LogP contribution is 2.45. The molecule has 223 valence electrons. The van der Waals surface area contributed by atoms with Crippen molar-refractivity contribution in [3.8, 4) is 11.1 Å². The van der Waals surface area contributed by atoms with Gasteiger partial charge in [0.2, 0.25) is 0 Å². The van der Waals surface area contributed by atoms with Crippen LogP contribution >= 0.6 is 0 Å². The summed E-state index contributed by atoms with van der Waals surface area (Å²) in [6.45, 7) is 18.6. The summed E-state index contributed by atoms with van der Waals surface area (Å²) in [4.78, 5) is 0. The summed E-state index contributed by atoms with van der Waals surface area (Å²) in [6, 6.07) is 38.3. The van der Waals surface area contributed by atoms with Gasteiger partial charge in [0.25, 0.3) is 0 Å². The topological polar surface area (TPSA) is 0 Å². The average Bonchev–Trinajstić information content (AvgIpc) is 3.54. The Labute approximate surface area is 269 Å². The zero-order chi connectivity index (χ0) is 31.7. The fraction of sp³-hybridized carbons (Fsp3) is 0.244. The fourth-order valence-corrected chi connectivity index (χ4v) is 7.63. The van der Waals surface area contributed by atoms with Crippen molar-refractivity contribution >= 4 is 17.2 Å². The lowest BCUT2D eigenvalue weighted by Crippen LogP contribution is -2.34. The Morgan fingerprint density at radius 2 is 1.24 bits per heavy atom. The van der Waals surface area contributed by atoms with E-state index in [1.807, 2.05) is 0 Å². The number of fused-ring (bicyclic) bond motifs is 4. The van der Waals surface area contributed by atoms with Crippen molar-refractivity contribution in [3.05, 3.63) is 170 Å². The van der Waals surface area contributed by atoms with E-state index in [2.05, 4.69) is 171 Å². The zero-order valence-electron chi connectivity index (χ0n) is 28.0. The van der Waals surface area contributed by atoms with E-state index in [-0.39, 0.29) is 16.7 Å². The van der Waals surface area contributed by atoms with Gasteiger partial charge < -0.3 is 0 Å². The van der Waals surface area contributed by atoms with Crippen molar-refractivity contribution in [1.82, 2.24) is 0 Å². The maximum atomic E-state index is 4.02. The van der Waals surface area contributed by atoms with Crippen molar-refractivity contribution in [2.45, 2.75) is 72.1 Å². The van der Waals surface area contributed by atoms with Crippen LogP contribution in [0.2, 0.25) is 0 Å². The summed E-state index contributed by atoms with van der Waals surface area (Å²) in [6.07, 6.45) is 6.54. The van der Waals surface area contributed by atoms with Gasteiger partial charge in [0.15, 0.2) is 0 Å². The molecule has 0 aliphatic heterocycles. The number of hydrogen-bond acceptors (Lipinski definition) is 0. The monoisotopic (exact) mass is 583 g/mol. The van der Waals surface area contributed by atoms with E-state index in [9.17, 15) is 0 Å². The van der Waals surface area contributed by atoms with Crippen LogP contribution in [-0.4, -0.2) is 0 Å². The summed E-state index contributed by atoms with van der Waals surface area (Å²) < 4.78 is 0. The molecule has 5 aromatic carbocycles. The molecule has 0 amide bonds. The molecule has 0 nitrogen and oxygen atoms in total. The number of hydrogen-bond donors (Lipinski definition) is 0. The Morgan fingerprint density at radius 1 is 0.600 bits per heavy atom. The van der Waals surface area contributed by atoms with Crippen LogP contribution < -0.4 is 10.4 Å². The first-order valence-corrected chi connectivity index (χ1v) is 16.3. The van der Waals surface area contributed by atoms with E-state index in [4.69, 9.17) is 0 Å². The van der Waals surface area contributed by atoms with E-state index < -0.39 is 0 Å². The Balaban J connectivity index is 1.71. The largest absolute Gasteiger partial charge is 0.0690 e. The average molecular weight is 584 g/mol. The fourth-order valence-electron chi connectivity index (χ4n) is 7.63. The number of rotatable bonds is 3. The van der Waals surface area contributed by atoms with E-state index in [1.54, 1.807) is 0 Å². The van der Waals surface area contributed by atoms with Gasteiger partial charge in [-0.2, -0.15) is 0 Å². The van der Waals surface area contributed by atoms with E-state index in [0.29, 0.717) is 0 Å². The minimum Gasteiger partial charge on any atom is -0.0690 e. The summed E-state index contributed by atoms with van der Waals surface area (Å²) >= 11 is 0. The van der Waals surface area contributed by atoms with E-state index in [0.717, 1.165) is 0 Å². The molecule has 0 heterocycles. The molecule has 5 aromatic rings. The molecule has 0 saturated heterocycles. The molecule has 1 unspecified atom stereocenters. The van der Waals surface area contributed by atoms with E-state index >= 15 is 0 Å². The van der Waals surface area contributed by atoms with Crippen molar-refractivity contribution in [2.24, 2.45) is 0 Å². The molecule has 0 saturated carbocycles. The van der Waals surface area contributed by atoms with Crippen molar-refractivity contribution < 1.29 is 0 Å². The number of aryl methyl sites for hydroxylation is 1. The van der Waals surface area contributed by atoms with Gasteiger partial charge >= 0.3 is 0 Å². The van der Waals surface area contributed by atoms with Crippen LogP contribution in [0.1, 0.15) is 104 Å².